The topological polar surface area (TPSA) is 46.9 Å². The maximum absolute atomic E-state index is 12.3. The third-order valence-electron chi connectivity index (χ3n) is 3.94. The van der Waals surface area contributed by atoms with Crippen molar-refractivity contribution in [2.45, 2.75) is 38.1 Å². The van der Waals surface area contributed by atoms with Crippen LogP contribution in [0.25, 0.3) is 0 Å². The Morgan fingerprint density at radius 1 is 1.14 bits per heavy atom. The standard InChI is InChI=1S/C16H18BrN3O/c17-13-8-6-12(7-9-13)16(21)19-15-10-11-18-20(15)14-4-2-1-3-5-14/h6-11,14H,1-5H2,(H,19,21). The van der Waals surface area contributed by atoms with E-state index in [2.05, 4.69) is 26.3 Å². The molecule has 4 nitrogen and oxygen atoms in total. The molecule has 1 N–H and O–H groups in total. The second-order valence-corrected chi connectivity index (χ2v) is 6.33. The van der Waals surface area contributed by atoms with Crippen LogP contribution in [0.5, 0.6) is 0 Å². The summed E-state index contributed by atoms with van der Waals surface area (Å²) in [4.78, 5) is 12.3. The quantitative estimate of drug-likeness (QED) is 0.894. The molecule has 0 spiro atoms. The van der Waals surface area contributed by atoms with Gasteiger partial charge in [0.05, 0.1) is 12.2 Å². The molecule has 0 bridgehead atoms. The van der Waals surface area contributed by atoms with Gasteiger partial charge in [-0.25, -0.2) is 4.68 Å². The monoisotopic (exact) mass is 347 g/mol. The van der Waals surface area contributed by atoms with Crippen LogP contribution in [0.1, 0.15) is 48.5 Å². The van der Waals surface area contributed by atoms with E-state index in [4.69, 9.17) is 0 Å². The molecule has 1 aliphatic carbocycles. The molecule has 1 aromatic heterocycles. The minimum absolute atomic E-state index is 0.0972. The van der Waals surface area contributed by atoms with Crippen LogP contribution >= 0.6 is 15.9 Å². The maximum atomic E-state index is 12.3. The highest BCUT2D eigenvalue weighted by molar-refractivity contribution is 9.10. The van der Waals surface area contributed by atoms with Gasteiger partial charge in [-0.05, 0) is 37.1 Å². The predicted octanol–water partition coefficient (Wildman–Crippen LogP) is 4.40. The summed E-state index contributed by atoms with van der Waals surface area (Å²) in [7, 11) is 0. The Morgan fingerprint density at radius 2 is 1.86 bits per heavy atom. The lowest BCUT2D eigenvalue weighted by Crippen LogP contribution is -2.20. The SMILES string of the molecule is O=C(Nc1ccnn1C1CCCCC1)c1ccc(Br)cc1. The van der Waals surface area contributed by atoms with Crippen molar-refractivity contribution in [1.29, 1.82) is 0 Å². The fraction of sp³-hybridized carbons (Fsp3) is 0.375. The Kier molecular flexibility index (Phi) is 4.39. The van der Waals surface area contributed by atoms with E-state index in [1.165, 1.54) is 19.3 Å². The lowest BCUT2D eigenvalue weighted by atomic mass is 9.96. The number of nitrogens with one attached hydrogen (secondary N) is 1. The summed E-state index contributed by atoms with van der Waals surface area (Å²) in [5, 5.41) is 7.36. The van der Waals surface area contributed by atoms with Gasteiger partial charge in [0.1, 0.15) is 5.82 Å². The van der Waals surface area contributed by atoms with Crippen LogP contribution < -0.4 is 5.32 Å². The van der Waals surface area contributed by atoms with E-state index in [1.54, 1.807) is 18.3 Å². The van der Waals surface area contributed by atoms with E-state index in [9.17, 15) is 4.79 Å². The lowest BCUT2D eigenvalue weighted by molar-refractivity contribution is 0.102. The van der Waals surface area contributed by atoms with Gasteiger partial charge in [0.15, 0.2) is 0 Å². The van der Waals surface area contributed by atoms with Crippen LogP contribution in [0.4, 0.5) is 5.82 Å². The van der Waals surface area contributed by atoms with Crippen molar-refractivity contribution in [3.63, 3.8) is 0 Å². The molecule has 1 amide bonds. The van der Waals surface area contributed by atoms with E-state index in [1.807, 2.05) is 22.9 Å². The van der Waals surface area contributed by atoms with E-state index in [-0.39, 0.29) is 5.91 Å². The van der Waals surface area contributed by atoms with Crippen molar-refractivity contribution in [3.8, 4) is 0 Å². The third-order valence-corrected chi connectivity index (χ3v) is 4.47. The molecular weight excluding hydrogens is 330 g/mol. The Morgan fingerprint density at radius 3 is 2.57 bits per heavy atom. The molecule has 0 saturated heterocycles. The first-order chi connectivity index (χ1) is 10.2. The van der Waals surface area contributed by atoms with Crippen LogP contribution in [0.3, 0.4) is 0 Å². The Hall–Kier alpha value is -1.62. The molecule has 1 fully saturated rings. The molecule has 5 heteroatoms. The van der Waals surface area contributed by atoms with Crippen LogP contribution in [0.2, 0.25) is 0 Å². The zero-order chi connectivity index (χ0) is 14.7. The summed E-state index contributed by atoms with van der Waals surface area (Å²) in [6.45, 7) is 0. The van der Waals surface area contributed by atoms with Gasteiger partial charge in [-0.3, -0.25) is 4.79 Å². The summed E-state index contributed by atoms with van der Waals surface area (Å²) >= 11 is 3.37. The molecule has 0 atom stereocenters. The molecule has 3 rings (SSSR count). The molecule has 1 saturated carbocycles. The van der Waals surface area contributed by atoms with E-state index in [0.717, 1.165) is 23.1 Å². The van der Waals surface area contributed by atoms with Gasteiger partial charge in [-0.2, -0.15) is 5.10 Å². The molecule has 1 aliphatic rings. The second kappa shape index (κ2) is 6.43. The van der Waals surface area contributed by atoms with Gasteiger partial charge in [-0.1, -0.05) is 35.2 Å². The Labute approximate surface area is 132 Å². The number of carbonyl (C=O) groups excluding carboxylic acids is 1. The molecule has 2 aromatic rings. The number of nitrogens with zero attached hydrogens (tertiary/aromatic N) is 2. The first-order valence-electron chi connectivity index (χ1n) is 7.34. The fourth-order valence-corrected chi connectivity index (χ4v) is 3.08. The molecule has 0 unspecified atom stereocenters. The minimum Gasteiger partial charge on any atom is -0.307 e. The van der Waals surface area contributed by atoms with E-state index >= 15 is 0 Å². The van der Waals surface area contributed by atoms with E-state index in [0.29, 0.717) is 11.6 Å². The van der Waals surface area contributed by atoms with Crippen molar-refractivity contribution >= 4 is 27.7 Å². The van der Waals surface area contributed by atoms with E-state index < -0.39 is 0 Å². The number of amides is 1. The number of hydrogen-bond donors (Lipinski definition) is 1. The molecule has 1 aromatic carbocycles. The molecule has 0 radical (unpaired) electrons. The number of carbonyl (C=O) groups is 1. The fourth-order valence-electron chi connectivity index (χ4n) is 2.82. The minimum atomic E-state index is -0.0972. The molecule has 110 valence electrons. The molecule has 0 aliphatic heterocycles. The number of aromatic nitrogens is 2. The maximum Gasteiger partial charge on any atom is 0.256 e. The summed E-state index contributed by atoms with van der Waals surface area (Å²) in [5.74, 6) is 0.690. The van der Waals surface area contributed by atoms with Gasteiger partial charge in [0.25, 0.3) is 5.91 Å². The molecular formula is C16H18BrN3O. The summed E-state index contributed by atoms with van der Waals surface area (Å²) < 4.78 is 2.93. The highest BCUT2D eigenvalue weighted by Crippen LogP contribution is 2.30. The highest BCUT2D eigenvalue weighted by atomic mass is 79.9. The summed E-state index contributed by atoms with van der Waals surface area (Å²) in [6, 6.07) is 9.63. The second-order valence-electron chi connectivity index (χ2n) is 5.41. The van der Waals surface area contributed by atoms with Crippen LogP contribution in [-0.4, -0.2) is 15.7 Å². The number of hydrogen-bond acceptors (Lipinski definition) is 2. The van der Waals surface area contributed by atoms with Gasteiger partial charge in [0, 0.05) is 16.1 Å². The van der Waals surface area contributed by atoms with Crippen LogP contribution in [0, 0.1) is 0 Å². The highest BCUT2D eigenvalue weighted by Gasteiger charge is 2.19. The largest absolute Gasteiger partial charge is 0.307 e. The van der Waals surface area contributed by atoms with Crippen LogP contribution in [-0.2, 0) is 0 Å². The molecule has 1 heterocycles. The van der Waals surface area contributed by atoms with Gasteiger partial charge in [0.2, 0.25) is 0 Å². The summed E-state index contributed by atoms with van der Waals surface area (Å²) in [6.07, 6.45) is 7.82. The van der Waals surface area contributed by atoms with Crippen molar-refractivity contribution in [3.05, 3.63) is 46.6 Å². The summed E-state index contributed by atoms with van der Waals surface area (Å²) in [5.41, 5.74) is 0.648. The molecule has 21 heavy (non-hydrogen) atoms. The van der Waals surface area contributed by atoms with Gasteiger partial charge >= 0.3 is 0 Å². The third kappa shape index (κ3) is 3.35. The zero-order valence-electron chi connectivity index (χ0n) is 11.8. The Balaban J connectivity index is 1.74. The van der Waals surface area contributed by atoms with Gasteiger partial charge in [-0.15, -0.1) is 0 Å². The number of benzene rings is 1. The average Bonchev–Trinajstić information content (AvgIpc) is 2.97. The zero-order valence-corrected chi connectivity index (χ0v) is 13.3. The lowest BCUT2D eigenvalue weighted by Gasteiger charge is -2.23. The van der Waals surface area contributed by atoms with Gasteiger partial charge < -0.3 is 5.32 Å². The smallest absolute Gasteiger partial charge is 0.256 e. The predicted molar refractivity (Wildman–Crippen MR) is 86.4 cm³/mol. The number of halogens is 1. The Bertz CT molecular complexity index is 615. The van der Waals surface area contributed by atoms with Crippen molar-refractivity contribution in [2.24, 2.45) is 0 Å². The van der Waals surface area contributed by atoms with Crippen molar-refractivity contribution in [2.75, 3.05) is 5.32 Å². The number of rotatable bonds is 3. The van der Waals surface area contributed by atoms with Crippen LogP contribution in [0.15, 0.2) is 41.0 Å². The first kappa shape index (κ1) is 14.3. The first-order valence-corrected chi connectivity index (χ1v) is 8.14. The van der Waals surface area contributed by atoms with Crippen molar-refractivity contribution in [1.82, 2.24) is 9.78 Å². The van der Waals surface area contributed by atoms with Crippen molar-refractivity contribution < 1.29 is 4.79 Å². The average molecular weight is 348 g/mol. The number of anilines is 1. The normalized spacial score (nSPS) is 15.9.